The van der Waals surface area contributed by atoms with Crippen molar-refractivity contribution in [2.75, 3.05) is 13.7 Å². The molecule has 2 heterocycles. The summed E-state index contributed by atoms with van der Waals surface area (Å²) >= 11 is 3.10. The van der Waals surface area contributed by atoms with Crippen LogP contribution in [0.15, 0.2) is 63.2 Å². The Morgan fingerprint density at radius 2 is 2.02 bits per heavy atom. The van der Waals surface area contributed by atoms with Crippen LogP contribution in [0, 0.1) is 5.92 Å². The van der Waals surface area contributed by atoms with Gasteiger partial charge >= 0.3 is 19.4 Å². The van der Waals surface area contributed by atoms with Crippen LogP contribution in [0.3, 0.4) is 0 Å². The average molecular weight is 666 g/mol. The van der Waals surface area contributed by atoms with Crippen molar-refractivity contribution in [1.82, 2.24) is 14.6 Å². The number of halogens is 1. The van der Waals surface area contributed by atoms with E-state index < -0.39 is 56.0 Å². The van der Waals surface area contributed by atoms with Crippen molar-refractivity contribution in [3.05, 3.63) is 80.0 Å². The SMILES string of the molecule is CCC(C)[C@H](NP(=O)(OCC1OC(n2cc(/C=C/Br)c(=O)[nH]c2=O)CC1O)Oc1cccc2ccccc12)C(=O)OC. The second kappa shape index (κ2) is 13.9. The van der Waals surface area contributed by atoms with E-state index in [1.54, 1.807) is 25.1 Å². The molecule has 1 saturated heterocycles. The molecular formula is C28H33BrN3O9P. The largest absolute Gasteiger partial charge is 0.468 e. The van der Waals surface area contributed by atoms with E-state index in [-0.39, 0.29) is 23.7 Å². The van der Waals surface area contributed by atoms with Crippen LogP contribution in [-0.2, 0) is 23.4 Å². The van der Waals surface area contributed by atoms with Gasteiger partial charge in [-0.15, -0.1) is 0 Å². The molecule has 0 saturated carbocycles. The summed E-state index contributed by atoms with van der Waals surface area (Å²) in [6, 6.07) is 11.6. The summed E-state index contributed by atoms with van der Waals surface area (Å²) in [7, 11) is -3.08. The fourth-order valence-electron chi connectivity index (χ4n) is 4.55. The molecular weight excluding hydrogens is 633 g/mol. The highest BCUT2D eigenvalue weighted by Gasteiger charge is 2.41. The number of nitrogens with one attached hydrogen (secondary N) is 2. The van der Waals surface area contributed by atoms with E-state index in [0.717, 1.165) is 9.95 Å². The van der Waals surface area contributed by atoms with E-state index in [1.165, 1.54) is 24.4 Å². The zero-order valence-electron chi connectivity index (χ0n) is 23.3. The summed E-state index contributed by atoms with van der Waals surface area (Å²) in [4.78, 5) is 40.9. The predicted molar refractivity (Wildman–Crippen MR) is 160 cm³/mol. The van der Waals surface area contributed by atoms with Gasteiger partial charge in [-0.3, -0.25) is 23.7 Å². The molecule has 3 N–H and O–H groups in total. The molecule has 0 bridgehead atoms. The number of aliphatic hydroxyl groups excluding tert-OH is 1. The first-order chi connectivity index (χ1) is 20.1. The van der Waals surface area contributed by atoms with Crippen molar-refractivity contribution in [1.29, 1.82) is 0 Å². The van der Waals surface area contributed by atoms with E-state index in [1.807, 2.05) is 31.2 Å². The number of aromatic amines is 1. The van der Waals surface area contributed by atoms with Crippen molar-refractivity contribution in [3.8, 4) is 5.75 Å². The third-order valence-corrected chi connectivity index (χ3v) is 8.88. The van der Waals surface area contributed by atoms with Crippen molar-refractivity contribution in [2.24, 2.45) is 5.92 Å². The van der Waals surface area contributed by atoms with Gasteiger partial charge in [-0.2, -0.15) is 5.09 Å². The molecule has 0 amide bonds. The summed E-state index contributed by atoms with van der Waals surface area (Å²) in [5.74, 6) is -0.676. The number of fused-ring (bicyclic) bond motifs is 1. The molecule has 14 heteroatoms. The molecule has 2 aromatic carbocycles. The standard InChI is InChI=1S/C28H33BrN3O9P/c1-4-17(2)25(27(35)38-3)31-42(37,41-22-11-7-9-18-8-5-6-10-20(18)22)39-16-23-21(33)14-24(40-23)32-15-19(12-13-29)26(34)30-28(32)36/h5-13,15,17,21,23-25,33H,4,14,16H2,1-3H3,(H,31,37)(H,30,34,36)/b13-12+/t17?,21?,23?,24?,25-,42?/m0/s1. The lowest BCUT2D eigenvalue weighted by atomic mass is 10.0. The highest BCUT2D eigenvalue weighted by atomic mass is 79.9. The van der Waals surface area contributed by atoms with Crippen LogP contribution < -0.4 is 20.9 Å². The van der Waals surface area contributed by atoms with Gasteiger partial charge < -0.3 is 19.1 Å². The van der Waals surface area contributed by atoms with Crippen LogP contribution in [0.25, 0.3) is 16.8 Å². The van der Waals surface area contributed by atoms with Gasteiger partial charge in [0.2, 0.25) is 0 Å². The molecule has 1 aliphatic heterocycles. The molecule has 0 radical (unpaired) electrons. The molecule has 1 aliphatic rings. The number of hydrogen-bond acceptors (Lipinski definition) is 9. The Labute approximate surface area is 250 Å². The average Bonchev–Trinajstić information content (AvgIpc) is 3.35. The number of H-pyrrole nitrogens is 1. The predicted octanol–water partition coefficient (Wildman–Crippen LogP) is 4.08. The molecule has 0 aliphatic carbocycles. The monoisotopic (exact) mass is 665 g/mol. The minimum atomic E-state index is -4.31. The molecule has 12 nitrogen and oxygen atoms in total. The molecule has 4 rings (SSSR count). The first-order valence-corrected chi connectivity index (χ1v) is 15.8. The zero-order valence-corrected chi connectivity index (χ0v) is 25.7. The van der Waals surface area contributed by atoms with Gasteiger partial charge in [0.05, 0.1) is 25.4 Å². The van der Waals surface area contributed by atoms with Crippen molar-refractivity contribution in [3.63, 3.8) is 0 Å². The molecule has 6 atom stereocenters. The molecule has 1 aromatic heterocycles. The quantitative estimate of drug-likeness (QED) is 0.190. The number of benzene rings is 2. The Bertz CT molecular complexity index is 1600. The van der Waals surface area contributed by atoms with Crippen LogP contribution >= 0.6 is 23.7 Å². The number of carbonyl (C=O) groups is 1. The molecule has 42 heavy (non-hydrogen) atoms. The Morgan fingerprint density at radius 3 is 2.74 bits per heavy atom. The smallest absolute Gasteiger partial charge is 0.459 e. The lowest BCUT2D eigenvalue weighted by Gasteiger charge is -2.28. The zero-order chi connectivity index (χ0) is 30.4. The van der Waals surface area contributed by atoms with Crippen LogP contribution in [-0.4, -0.2) is 52.6 Å². The third-order valence-electron chi connectivity index (χ3n) is 7.09. The van der Waals surface area contributed by atoms with Gasteiger partial charge in [0, 0.05) is 18.0 Å². The fraction of sp³-hybridized carbons (Fsp3) is 0.393. The maximum atomic E-state index is 14.3. The van der Waals surface area contributed by atoms with Gasteiger partial charge in [-0.25, -0.2) is 9.36 Å². The van der Waals surface area contributed by atoms with Crippen molar-refractivity contribution < 1.29 is 33.0 Å². The number of hydrogen-bond donors (Lipinski definition) is 3. The van der Waals surface area contributed by atoms with E-state index >= 15 is 0 Å². The Kier molecular flexibility index (Phi) is 10.6. The number of methoxy groups -OCH3 is 1. The number of nitrogens with zero attached hydrogens (tertiary/aromatic N) is 1. The van der Waals surface area contributed by atoms with E-state index in [9.17, 15) is 24.1 Å². The second-order valence-corrected chi connectivity index (χ2v) is 12.1. The van der Waals surface area contributed by atoms with E-state index in [2.05, 4.69) is 26.0 Å². The minimum absolute atomic E-state index is 0.00297. The topological polar surface area (TPSA) is 158 Å². The van der Waals surface area contributed by atoms with E-state index in [0.29, 0.717) is 11.8 Å². The number of aromatic nitrogens is 2. The number of ether oxygens (including phenoxy) is 2. The third kappa shape index (κ3) is 7.28. The van der Waals surface area contributed by atoms with Gasteiger partial charge in [0.25, 0.3) is 5.56 Å². The Balaban J connectivity index is 1.60. The maximum Gasteiger partial charge on any atom is 0.459 e. The lowest BCUT2D eigenvalue weighted by molar-refractivity contribution is -0.144. The highest BCUT2D eigenvalue weighted by Crippen LogP contribution is 2.48. The summed E-state index contributed by atoms with van der Waals surface area (Å²) in [5.41, 5.74) is -1.10. The minimum Gasteiger partial charge on any atom is -0.468 e. The number of aliphatic hydroxyl groups is 1. The lowest BCUT2D eigenvalue weighted by Crippen LogP contribution is -2.42. The molecule has 0 spiro atoms. The van der Waals surface area contributed by atoms with Gasteiger partial charge in [-0.1, -0.05) is 72.6 Å². The van der Waals surface area contributed by atoms with Crippen LogP contribution in [0.2, 0.25) is 0 Å². The summed E-state index contributed by atoms with van der Waals surface area (Å²) in [6.45, 7) is 3.26. The first kappa shape index (κ1) is 31.9. The summed E-state index contributed by atoms with van der Waals surface area (Å²) in [6.07, 6.45) is 0.279. The van der Waals surface area contributed by atoms with Gasteiger partial charge in [0.1, 0.15) is 24.1 Å². The fourth-order valence-corrected chi connectivity index (χ4v) is 6.48. The van der Waals surface area contributed by atoms with Crippen molar-refractivity contribution in [2.45, 2.75) is 51.2 Å². The molecule has 5 unspecified atom stereocenters. The first-order valence-electron chi connectivity index (χ1n) is 13.3. The number of carbonyl (C=O) groups excluding carboxylic acids is 1. The molecule has 3 aromatic rings. The normalized spacial score (nSPS) is 21.7. The number of rotatable bonds is 12. The highest BCUT2D eigenvalue weighted by molar-refractivity contribution is 9.11. The Morgan fingerprint density at radius 1 is 1.29 bits per heavy atom. The number of esters is 1. The summed E-state index contributed by atoms with van der Waals surface area (Å²) < 4.78 is 38.1. The van der Waals surface area contributed by atoms with E-state index in [4.69, 9.17) is 18.5 Å². The molecule has 1 fully saturated rings. The van der Waals surface area contributed by atoms with Crippen molar-refractivity contribution >= 4 is 46.5 Å². The summed E-state index contributed by atoms with van der Waals surface area (Å²) in [5, 5.41) is 15.0. The van der Waals surface area contributed by atoms with Gasteiger partial charge in [0.15, 0.2) is 0 Å². The molecule has 226 valence electrons. The Hall–Kier alpha value is -3.06. The van der Waals surface area contributed by atoms with Crippen LogP contribution in [0.4, 0.5) is 0 Å². The van der Waals surface area contributed by atoms with Crippen LogP contribution in [0.5, 0.6) is 5.75 Å². The second-order valence-electron chi connectivity index (χ2n) is 9.85. The maximum absolute atomic E-state index is 14.3. The van der Waals surface area contributed by atoms with Gasteiger partial charge in [-0.05, 0) is 28.4 Å². The van der Waals surface area contributed by atoms with Crippen LogP contribution in [0.1, 0.15) is 38.5 Å².